The Morgan fingerprint density at radius 1 is 0.938 bits per heavy atom. The Kier molecular flexibility index (Phi) is 3.34. The lowest BCUT2D eigenvalue weighted by Crippen LogP contribution is -1.84. The summed E-state index contributed by atoms with van der Waals surface area (Å²) in [4.78, 5) is 4.29. The van der Waals surface area contributed by atoms with E-state index in [-0.39, 0.29) is 0 Å². The van der Waals surface area contributed by atoms with Crippen LogP contribution in [0.25, 0.3) is 0 Å². The van der Waals surface area contributed by atoms with Crippen molar-refractivity contribution in [2.75, 3.05) is 0 Å². The molecule has 0 aliphatic rings. The van der Waals surface area contributed by atoms with Crippen molar-refractivity contribution < 1.29 is 5.11 Å². The van der Waals surface area contributed by atoms with Gasteiger partial charge in [0.1, 0.15) is 5.75 Å². The molecule has 80 valence electrons. The zero-order valence-electron chi connectivity index (χ0n) is 8.88. The Labute approximate surface area is 94.9 Å². The number of para-hydroxylation sites is 1. The first kappa shape index (κ1) is 10.4. The molecule has 0 bridgehead atoms. The van der Waals surface area contributed by atoms with Crippen molar-refractivity contribution in [1.82, 2.24) is 0 Å². The van der Waals surface area contributed by atoms with E-state index in [1.165, 1.54) is 0 Å². The number of phenolic OH excluding ortho intramolecular Hbond substituents is 1. The first-order valence-corrected chi connectivity index (χ1v) is 5.18. The minimum absolute atomic E-state index is 0.299. The number of phenols is 1. The summed E-state index contributed by atoms with van der Waals surface area (Å²) in [7, 11) is 0. The van der Waals surface area contributed by atoms with Gasteiger partial charge in [-0.05, 0) is 11.6 Å². The van der Waals surface area contributed by atoms with Crippen LogP contribution in [0.3, 0.4) is 0 Å². The molecule has 0 heterocycles. The number of hydrogen-bond donors (Lipinski definition) is 1. The van der Waals surface area contributed by atoms with Crippen molar-refractivity contribution in [2.24, 2.45) is 4.99 Å². The van der Waals surface area contributed by atoms with Crippen molar-refractivity contribution in [2.45, 2.75) is 6.54 Å². The van der Waals surface area contributed by atoms with Crippen LogP contribution in [0.5, 0.6) is 5.75 Å². The van der Waals surface area contributed by atoms with Crippen LogP contribution in [0, 0.1) is 0 Å². The lowest BCUT2D eigenvalue weighted by molar-refractivity contribution is 0.468. The third-order valence-corrected chi connectivity index (χ3v) is 2.29. The Morgan fingerprint density at radius 2 is 1.62 bits per heavy atom. The second-order valence-electron chi connectivity index (χ2n) is 3.51. The zero-order chi connectivity index (χ0) is 11.2. The van der Waals surface area contributed by atoms with Crippen LogP contribution < -0.4 is 0 Å². The van der Waals surface area contributed by atoms with Crippen molar-refractivity contribution >= 4 is 6.21 Å². The van der Waals surface area contributed by atoms with Gasteiger partial charge in [0.15, 0.2) is 0 Å². The molecule has 16 heavy (non-hydrogen) atoms. The SMILES string of the molecule is Oc1ccccc1C/N=C\c1ccccc1. The minimum Gasteiger partial charge on any atom is -0.508 e. The van der Waals surface area contributed by atoms with Gasteiger partial charge in [0.2, 0.25) is 0 Å². The fourth-order valence-corrected chi connectivity index (χ4v) is 1.43. The van der Waals surface area contributed by atoms with Crippen LogP contribution in [0.4, 0.5) is 0 Å². The summed E-state index contributed by atoms with van der Waals surface area (Å²) in [6.07, 6.45) is 1.81. The molecular formula is C14H13NO. The zero-order valence-corrected chi connectivity index (χ0v) is 8.88. The number of rotatable bonds is 3. The number of aliphatic imine (C=N–C) groups is 1. The Morgan fingerprint density at radius 3 is 2.38 bits per heavy atom. The maximum atomic E-state index is 9.53. The molecule has 0 saturated heterocycles. The summed E-state index contributed by atoms with van der Waals surface area (Å²) in [5.41, 5.74) is 1.91. The maximum Gasteiger partial charge on any atom is 0.120 e. The van der Waals surface area contributed by atoms with Crippen molar-refractivity contribution in [1.29, 1.82) is 0 Å². The first-order chi connectivity index (χ1) is 7.86. The smallest absolute Gasteiger partial charge is 0.120 e. The molecular weight excluding hydrogens is 198 g/mol. The summed E-state index contributed by atoms with van der Waals surface area (Å²) in [6, 6.07) is 17.2. The van der Waals surface area contributed by atoms with E-state index in [1.54, 1.807) is 12.1 Å². The number of benzene rings is 2. The molecule has 0 radical (unpaired) electrons. The third-order valence-electron chi connectivity index (χ3n) is 2.29. The van der Waals surface area contributed by atoms with E-state index in [4.69, 9.17) is 0 Å². The molecule has 0 spiro atoms. The van der Waals surface area contributed by atoms with Gasteiger partial charge in [-0.25, -0.2) is 0 Å². The largest absolute Gasteiger partial charge is 0.508 e. The summed E-state index contributed by atoms with van der Waals surface area (Å²) in [6.45, 7) is 0.502. The molecule has 2 heteroatoms. The third kappa shape index (κ3) is 2.70. The molecule has 1 N–H and O–H groups in total. The Bertz CT molecular complexity index is 477. The van der Waals surface area contributed by atoms with E-state index in [9.17, 15) is 5.11 Å². The van der Waals surface area contributed by atoms with Gasteiger partial charge in [-0.2, -0.15) is 0 Å². The van der Waals surface area contributed by atoms with Crippen LogP contribution in [-0.4, -0.2) is 11.3 Å². The molecule has 2 aromatic rings. The van der Waals surface area contributed by atoms with Gasteiger partial charge in [-0.3, -0.25) is 4.99 Å². The predicted octanol–water partition coefficient (Wildman–Crippen LogP) is 3.01. The topological polar surface area (TPSA) is 32.6 Å². The van der Waals surface area contributed by atoms with Crippen LogP contribution in [0.15, 0.2) is 59.6 Å². The molecule has 0 saturated carbocycles. The highest BCUT2D eigenvalue weighted by Gasteiger charge is 1.96. The highest BCUT2D eigenvalue weighted by molar-refractivity contribution is 5.79. The molecule has 2 nitrogen and oxygen atoms in total. The summed E-state index contributed by atoms with van der Waals surface area (Å²) in [5, 5.41) is 9.53. The molecule has 2 rings (SSSR count). The highest BCUT2D eigenvalue weighted by atomic mass is 16.3. The second-order valence-corrected chi connectivity index (χ2v) is 3.51. The van der Waals surface area contributed by atoms with Crippen LogP contribution >= 0.6 is 0 Å². The van der Waals surface area contributed by atoms with Crippen LogP contribution in [0.1, 0.15) is 11.1 Å². The first-order valence-electron chi connectivity index (χ1n) is 5.18. The molecule has 0 unspecified atom stereocenters. The van der Waals surface area contributed by atoms with Crippen molar-refractivity contribution in [3.8, 4) is 5.75 Å². The highest BCUT2D eigenvalue weighted by Crippen LogP contribution is 2.16. The lowest BCUT2D eigenvalue weighted by atomic mass is 10.2. The predicted molar refractivity (Wildman–Crippen MR) is 65.8 cm³/mol. The summed E-state index contributed by atoms with van der Waals surface area (Å²) < 4.78 is 0. The monoisotopic (exact) mass is 211 g/mol. The Hall–Kier alpha value is -2.09. The van der Waals surface area contributed by atoms with E-state index < -0.39 is 0 Å². The minimum atomic E-state index is 0.299. The van der Waals surface area contributed by atoms with Crippen molar-refractivity contribution in [3.63, 3.8) is 0 Å². The molecule has 0 aromatic heterocycles. The molecule has 0 aliphatic carbocycles. The van der Waals surface area contributed by atoms with Crippen LogP contribution in [0.2, 0.25) is 0 Å². The normalized spacial score (nSPS) is 10.8. The van der Waals surface area contributed by atoms with Gasteiger partial charge in [-0.15, -0.1) is 0 Å². The molecule has 0 aliphatic heterocycles. The van der Waals surface area contributed by atoms with E-state index in [2.05, 4.69) is 4.99 Å². The van der Waals surface area contributed by atoms with E-state index in [0.717, 1.165) is 11.1 Å². The van der Waals surface area contributed by atoms with Gasteiger partial charge in [0, 0.05) is 11.8 Å². The van der Waals surface area contributed by atoms with Crippen molar-refractivity contribution in [3.05, 3.63) is 65.7 Å². The number of hydrogen-bond acceptors (Lipinski definition) is 2. The number of aromatic hydroxyl groups is 1. The average Bonchev–Trinajstić information content (AvgIpc) is 2.33. The maximum absolute atomic E-state index is 9.53. The average molecular weight is 211 g/mol. The van der Waals surface area contributed by atoms with E-state index in [0.29, 0.717) is 12.3 Å². The summed E-state index contributed by atoms with van der Waals surface area (Å²) in [5.74, 6) is 0.299. The van der Waals surface area contributed by atoms with Gasteiger partial charge >= 0.3 is 0 Å². The Balaban J connectivity index is 2.03. The standard InChI is InChI=1S/C14H13NO/c16-14-9-5-4-8-13(14)11-15-10-12-6-2-1-3-7-12/h1-10,16H,11H2/b15-10-. The van der Waals surface area contributed by atoms with Gasteiger partial charge in [0.25, 0.3) is 0 Å². The molecule has 0 amide bonds. The second kappa shape index (κ2) is 5.12. The number of nitrogens with zero attached hydrogens (tertiary/aromatic N) is 1. The van der Waals surface area contributed by atoms with Crippen LogP contribution in [-0.2, 0) is 6.54 Å². The molecule has 0 atom stereocenters. The van der Waals surface area contributed by atoms with E-state index in [1.807, 2.05) is 48.7 Å². The lowest BCUT2D eigenvalue weighted by Gasteiger charge is -1.99. The molecule has 2 aromatic carbocycles. The fourth-order valence-electron chi connectivity index (χ4n) is 1.43. The van der Waals surface area contributed by atoms with Gasteiger partial charge < -0.3 is 5.11 Å². The van der Waals surface area contributed by atoms with Gasteiger partial charge in [-0.1, -0.05) is 48.5 Å². The molecule has 0 fully saturated rings. The van der Waals surface area contributed by atoms with E-state index >= 15 is 0 Å². The quantitative estimate of drug-likeness (QED) is 0.778. The summed E-state index contributed by atoms with van der Waals surface area (Å²) >= 11 is 0. The fraction of sp³-hybridized carbons (Fsp3) is 0.0714. The van der Waals surface area contributed by atoms with Gasteiger partial charge in [0.05, 0.1) is 6.54 Å².